The molecule has 0 heterocycles. The molecule has 0 aliphatic carbocycles. The molecule has 6 heteroatoms. The monoisotopic (exact) mass is 364 g/mol. The van der Waals surface area contributed by atoms with Gasteiger partial charge >= 0.3 is 0 Å². The van der Waals surface area contributed by atoms with Gasteiger partial charge in [-0.15, -0.1) is 0 Å². The second-order valence-corrected chi connectivity index (χ2v) is 6.28. The lowest BCUT2D eigenvalue weighted by Gasteiger charge is -2.22. The highest BCUT2D eigenvalue weighted by atomic mass is 35.5. The lowest BCUT2D eigenvalue weighted by molar-refractivity contribution is -0.118. The van der Waals surface area contributed by atoms with Gasteiger partial charge in [0.15, 0.2) is 0 Å². The van der Waals surface area contributed by atoms with Crippen LogP contribution in [0.4, 0.5) is 0 Å². The van der Waals surface area contributed by atoms with Gasteiger partial charge in [-0.05, 0) is 30.2 Å². The minimum absolute atomic E-state index is 0.106. The molecular weight excluding hydrogens is 347 g/mol. The molecule has 0 spiro atoms. The highest BCUT2D eigenvalue weighted by Crippen LogP contribution is 2.20. The molecule has 2 aromatic carbocycles. The number of nitrogens with zero attached hydrogens (tertiary/aromatic N) is 1. The van der Waals surface area contributed by atoms with E-state index in [-0.39, 0.29) is 18.9 Å². The van der Waals surface area contributed by atoms with Crippen molar-refractivity contribution in [1.82, 2.24) is 4.90 Å². The van der Waals surface area contributed by atoms with Crippen molar-refractivity contribution < 1.29 is 9.59 Å². The average Bonchev–Trinajstić information content (AvgIpc) is 2.54. The third-order valence-corrected chi connectivity index (χ3v) is 3.97. The number of benzene rings is 2. The van der Waals surface area contributed by atoms with Crippen LogP contribution in [0.25, 0.3) is 0 Å². The molecule has 0 aliphatic rings. The van der Waals surface area contributed by atoms with E-state index in [1.165, 1.54) is 0 Å². The summed E-state index contributed by atoms with van der Waals surface area (Å²) in [4.78, 5) is 25.4. The Balaban J connectivity index is 2.14. The number of carbonyl (C=O) groups excluding carboxylic acids is 2. The van der Waals surface area contributed by atoms with Crippen molar-refractivity contribution in [3.05, 3.63) is 69.7 Å². The SMILES string of the molecule is NC(=O)CCN(CCc1ccccc1)C(=O)c1cc(Cl)cc(Cl)c1. The first-order chi connectivity index (χ1) is 11.5. The second-order valence-electron chi connectivity index (χ2n) is 5.40. The van der Waals surface area contributed by atoms with E-state index in [0.717, 1.165) is 5.56 Å². The fourth-order valence-corrected chi connectivity index (χ4v) is 2.85. The summed E-state index contributed by atoms with van der Waals surface area (Å²) in [5.41, 5.74) is 6.72. The fourth-order valence-electron chi connectivity index (χ4n) is 2.33. The van der Waals surface area contributed by atoms with Crippen LogP contribution in [-0.2, 0) is 11.2 Å². The quantitative estimate of drug-likeness (QED) is 0.816. The summed E-state index contributed by atoms with van der Waals surface area (Å²) >= 11 is 11.9. The first-order valence-corrected chi connectivity index (χ1v) is 8.29. The Kier molecular flexibility index (Phi) is 6.64. The van der Waals surface area contributed by atoms with Gasteiger partial charge in [-0.1, -0.05) is 53.5 Å². The lowest BCUT2D eigenvalue weighted by Crippen LogP contribution is -2.35. The number of hydrogen-bond acceptors (Lipinski definition) is 2. The minimum atomic E-state index is -0.448. The predicted octanol–water partition coefficient (Wildman–Crippen LogP) is 3.55. The molecule has 0 unspecified atom stereocenters. The lowest BCUT2D eigenvalue weighted by atomic mass is 10.1. The number of nitrogens with two attached hydrogens (primary N) is 1. The van der Waals surface area contributed by atoms with Gasteiger partial charge in [0.05, 0.1) is 0 Å². The van der Waals surface area contributed by atoms with Crippen molar-refractivity contribution in [3.8, 4) is 0 Å². The van der Waals surface area contributed by atoms with Gasteiger partial charge in [-0.3, -0.25) is 9.59 Å². The van der Waals surface area contributed by atoms with E-state index in [4.69, 9.17) is 28.9 Å². The van der Waals surface area contributed by atoms with Crippen molar-refractivity contribution in [2.75, 3.05) is 13.1 Å². The standard InChI is InChI=1S/C18H18Cl2N2O2/c19-15-10-14(11-16(20)12-15)18(24)22(9-7-17(21)23)8-6-13-4-2-1-3-5-13/h1-5,10-12H,6-9H2,(H2,21,23). The average molecular weight is 365 g/mol. The molecule has 0 bridgehead atoms. The topological polar surface area (TPSA) is 63.4 Å². The molecule has 2 N–H and O–H groups in total. The summed E-state index contributed by atoms with van der Waals surface area (Å²) in [6, 6.07) is 14.5. The first kappa shape index (κ1) is 18.3. The molecule has 0 saturated carbocycles. The third kappa shape index (κ3) is 5.55. The van der Waals surface area contributed by atoms with Crippen LogP contribution in [0.5, 0.6) is 0 Å². The van der Waals surface area contributed by atoms with E-state index in [9.17, 15) is 9.59 Å². The number of amides is 2. The van der Waals surface area contributed by atoms with Crippen LogP contribution in [0.15, 0.2) is 48.5 Å². The number of halogens is 2. The summed E-state index contributed by atoms with van der Waals surface area (Å²) in [7, 11) is 0. The fraction of sp³-hybridized carbons (Fsp3) is 0.222. The summed E-state index contributed by atoms with van der Waals surface area (Å²) in [5.74, 6) is -0.673. The van der Waals surface area contributed by atoms with Gasteiger partial charge in [0.2, 0.25) is 5.91 Å². The maximum Gasteiger partial charge on any atom is 0.253 e. The highest BCUT2D eigenvalue weighted by Gasteiger charge is 2.17. The Morgan fingerprint density at radius 2 is 1.58 bits per heavy atom. The largest absolute Gasteiger partial charge is 0.370 e. The molecule has 2 rings (SSSR count). The molecule has 0 radical (unpaired) electrons. The van der Waals surface area contributed by atoms with Gasteiger partial charge in [-0.25, -0.2) is 0 Å². The van der Waals surface area contributed by atoms with Gasteiger partial charge < -0.3 is 10.6 Å². The van der Waals surface area contributed by atoms with Crippen molar-refractivity contribution in [2.45, 2.75) is 12.8 Å². The molecule has 2 amide bonds. The molecule has 0 atom stereocenters. The van der Waals surface area contributed by atoms with Gasteiger partial charge in [0.25, 0.3) is 5.91 Å². The third-order valence-electron chi connectivity index (χ3n) is 3.54. The summed E-state index contributed by atoms with van der Waals surface area (Å²) < 4.78 is 0. The van der Waals surface area contributed by atoms with Gasteiger partial charge in [0, 0.05) is 35.1 Å². The smallest absolute Gasteiger partial charge is 0.253 e. The predicted molar refractivity (Wildman–Crippen MR) is 96.3 cm³/mol. The van der Waals surface area contributed by atoms with Crippen molar-refractivity contribution in [3.63, 3.8) is 0 Å². The van der Waals surface area contributed by atoms with Crippen LogP contribution in [0.1, 0.15) is 22.3 Å². The number of primary amides is 1. The van der Waals surface area contributed by atoms with Crippen LogP contribution in [0.2, 0.25) is 10.0 Å². The number of rotatable bonds is 7. The highest BCUT2D eigenvalue weighted by molar-refractivity contribution is 6.35. The molecule has 0 aliphatic heterocycles. The molecule has 2 aromatic rings. The molecule has 0 aromatic heterocycles. The maximum absolute atomic E-state index is 12.7. The zero-order valence-corrected chi connectivity index (χ0v) is 14.6. The molecule has 0 fully saturated rings. The van der Waals surface area contributed by atoms with E-state index in [1.54, 1.807) is 23.1 Å². The minimum Gasteiger partial charge on any atom is -0.370 e. The first-order valence-electron chi connectivity index (χ1n) is 7.53. The van der Waals surface area contributed by atoms with Crippen LogP contribution in [-0.4, -0.2) is 29.8 Å². The van der Waals surface area contributed by atoms with Crippen LogP contribution in [0, 0.1) is 0 Å². The zero-order valence-electron chi connectivity index (χ0n) is 13.0. The van der Waals surface area contributed by atoms with E-state index >= 15 is 0 Å². The van der Waals surface area contributed by atoms with Crippen LogP contribution >= 0.6 is 23.2 Å². The summed E-state index contributed by atoms with van der Waals surface area (Å²) in [6.07, 6.45) is 0.786. The zero-order chi connectivity index (χ0) is 17.5. The van der Waals surface area contributed by atoms with Crippen molar-refractivity contribution >= 4 is 35.0 Å². The summed E-state index contributed by atoms with van der Waals surface area (Å²) in [5, 5.41) is 0.785. The van der Waals surface area contributed by atoms with Gasteiger partial charge in [-0.2, -0.15) is 0 Å². The molecule has 24 heavy (non-hydrogen) atoms. The second kappa shape index (κ2) is 8.71. The maximum atomic E-state index is 12.7. The van der Waals surface area contributed by atoms with Gasteiger partial charge in [0.1, 0.15) is 0 Å². The summed E-state index contributed by atoms with van der Waals surface area (Å²) in [6.45, 7) is 0.728. The molecule has 4 nitrogen and oxygen atoms in total. The Morgan fingerprint density at radius 1 is 0.958 bits per heavy atom. The van der Waals surface area contributed by atoms with Crippen LogP contribution in [0.3, 0.4) is 0 Å². The number of carbonyl (C=O) groups is 2. The van der Waals surface area contributed by atoms with Crippen LogP contribution < -0.4 is 5.73 Å². The van der Waals surface area contributed by atoms with E-state index in [2.05, 4.69) is 0 Å². The molecular formula is C18H18Cl2N2O2. The van der Waals surface area contributed by atoms with E-state index in [1.807, 2.05) is 30.3 Å². The normalized spacial score (nSPS) is 10.4. The Morgan fingerprint density at radius 3 is 2.17 bits per heavy atom. The Hall–Kier alpha value is -2.04. The Labute approximate surface area is 151 Å². The van der Waals surface area contributed by atoms with Crippen molar-refractivity contribution in [2.24, 2.45) is 5.73 Å². The Bertz CT molecular complexity index is 700. The molecule has 126 valence electrons. The molecule has 0 saturated heterocycles. The van der Waals surface area contributed by atoms with Crippen molar-refractivity contribution in [1.29, 1.82) is 0 Å². The number of hydrogen-bond donors (Lipinski definition) is 1. The van der Waals surface area contributed by atoms with E-state index < -0.39 is 5.91 Å². The van der Waals surface area contributed by atoms with E-state index in [0.29, 0.717) is 28.6 Å².